The molecule has 0 saturated heterocycles. The van der Waals surface area contributed by atoms with Crippen LogP contribution in [0.3, 0.4) is 0 Å². The highest BCUT2D eigenvalue weighted by Crippen LogP contribution is 2.35. The highest BCUT2D eigenvalue weighted by molar-refractivity contribution is 7.98. The second-order valence-electron chi connectivity index (χ2n) is 5.75. The summed E-state index contributed by atoms with van der Waals surface area (Å²) in [5, 5.41) is 6.96. The summed E-state index contributed by atoms with van der Waals surface area (Å²) in [7, 11) is -3.24. The molecule has 1 rings (SSSR count). The van der Waals surface area contributed by atoms with Crippen LogP contribution in [0.5, 0.6) is 0 Å². The Balaban J connectivity index is 2.38. The first kappa shape index (κ1) is 26.2. The maximum atomic E-state index is 12.8. The number of hydrogen-bond acceptors (Lipinski definition) is 7. The van der Waals surface area contributed by atoms with Gasteiger partial charge in [-0.05, 0) is 0 Å². The van der Waals surface area contributed by atoms with E-state index in [2.05, 4.69) is 25.6 Å². The highest BCUT2D eigenvalue weighted by atomic mass is 32.2. The number of hydrogen-bond donors (Lipinski definition) is 4. The molecule has 1 aromatic heterocycles. The molecule has 1 heterocycles. The van der Waals surface area contributed by atoms with Crippen LogP contribution in [0.25, 0.3) is 0 Å². The summed E-state index contributed by atoms with van der Waals surface area (Å²) in [5.41, 5.74) is 11.5. The zero-order valence-corrected chi connectivity index (χ0v) is 18.0. The number of aromatic nitrogens is 1. The zero-order valence-electron chi connectivity index (χ0n) is 15.5. The number of rotatable bonds is 10. The van der Waals surface area contributed by atoms with Gasteiger partial charge in [-0.15, -0.1) is 11.3 Å². The topological polar surface area (TPSA) is 148 Å². The zero-order chi connectivity index (χ0) is 23.0. The van der Waals surface area contributed by atoms with Crippen molar-refractivity contribution >= 4 is 50.0 Å². The molecule has 30 heavy (non-hydrogen) atoms. The van der Waals surface area contributed by atoms with E-state index in [1.165, 1.54) is 11.8 Å². The average molecular weight is 498 g/mol. The Kier molecular flexibility index (Phi) is 9.54. The monoisotopic (exact) mass is 497 g/mol. The van der Waals surface area contributed by atoms with Gasteiger partial charge in [-0.25, -0.2) is 23.4 Å². The van der Waals surface area contributed by atoms with E-state index in [1.54, 1.807) is 5.38 Å². The first-order valence-corrected chi connectivity index (χ1v) is 12.0. The molecule has 0 spiro atoms. The van der Waals surface area contributed by atoms with E-state index in [4.69, 9.17) is 11.5 Å². The van der Waals surface area contributed by atoms with E-state index < -0.39 is 40.3 Å². The summed E-state index contributed by atoms with van der Waals surface area (Å²) >= 11 is 2.54. The Labute approximate surface area is 177 Å². The Morgan fingerprint density at radius 2 is 1.90 bits per heavy atom. The van der Waals surface area contributed by atoms with Crippen LogP contribution in [0, 0.1) is 0 Å². The Morgan fingerprint density at radius 1 is 1.23 bits per heavy atom. The van der Waals surface area contributed by atoms with E-state index in [9.17, 15) is 30.4 Å². The number of nitrogens with zero attached hydrogens (tertiary/aromatic N) is 3. The van der Waals surface area contributed by atoms with Gasteiger partial charge in [0.25, 0.3) is 0 Å². The van der Waals surface area contributed by atoms with E-state index in [0.29, 0.717) is 23.7 Å². The van der Waals surface area contributed by atoms with Gasteiger partial charge in [-0.2, -0.15) is 33.7 Å². The van der Waals surface area contributed by atoms with E-state index in [-0.39, 0.29) is 11.1 Å². The number of sulfone groups is 1. The van der Waals surface area contributed by atoms with Crippen LogP contribution in [0.4, 0.5) is 27.1 Å². The third-order valence-electron chi connectivity index (χ3n) is 2.92. The molecule has 1 aromatic rings. The van der Waals surface area contributed by atoms with Crippen LogP contribution in [0.2, 0.25) is 0 Å². The third-order valence-corrected chi connectivity index (χ3v) is 5.32. The summed E-state index contributed by atoms with van der Waals surface area (Å²) in [5.74, 6) is -4.92. The molecule has 0 fully saturated rings. The highest BCUT2D eigenvalue weighted by Gasteiger charge is 2.57. The van der Waals surface area contributed by atoms with Gasteiger partial charge in [-0.3, -0.25) is 0 Å². The van der Waals surface area contributed by atoms with Crippen molar-refractivity contribution in [1.82, 2.24) is 10.3 Å². The van der Waals surface area contributed by atoms with E-state index in [1.807, 2.05) is 0 Å². The van der Waals surface area contributed by atoms with Crippen molar-refractivity contribution in [2.75, 3.05) is 36.3 Å². The predicted octanol–water partition coefficient (Wildman–Crippen LogP) is 1.21. The van der Waals surface area contributed by atoms with Crippen LogP contribution in [0.15, 0.2) is 15.4 Å². The smallest absolute Gasteiger partial charge is 0.370 e. The lowest BCUT2D eigenvalue weighted by atomic mass is 10.3. The van der Waals surface area contributed by atoms with Gasteiger partial charge in [-0.1, -0.05) is 0 Å². The van der Waals surface area contributed by atoms with Gasteiger partial charge in [0.15, 0.2) is 26.9 Å². The molecular weight excluding hydrogens is 477 g/mol. The average Bonchev–Trinajstić information content (AvgIpc) is 3.03. The van der Waals surface area contributed by atoms with Crippen molar-refractivity contribution in [3.05, 3.63) is 11.1 Å². The van der Waals surface area contributed by atoms with Crippen molar-refractivity contribution < 1.29 is 30.4 Å². The molecule has 0 atom stereocenters. The van der Waals surface area contributed by atoms with Gasteiger partial charge in [0.05, 0.1) is 5.69 Å². The van der Waals surface area contributed by atoms with Gasteiger partial charge >= 0.3 is 12.1 Å². The number of thiazole rings is 1. The normalized spacial score (nSPS) is 14.1. The fraction of sp³-hybridized carbons (Fsp3) is 0.615. The third kappa shape index (κ3) is 10.2. The van der Waals surface area contributed by atoms with Crippen molar-refractivity contribution in [1.29, 1.82) is 0 Å². The first-order valence-electron chi connectivity index (χ1n) is 7.95. The standard InChI is InChI=1S/C13H20F5N7O2S3/c1-30(26,27)7-23-9(19)21-2-3-28-4-8-5-29-11(24-8)25-10(20)22-6-12(14,15)13(16,17)18/h5H,2-4,6-7H2,1H3,(H3,19,21,23)(H3,20,22,24,25). The predicted molar refractivity (Wildman–Crippen MR) is 109 cm³/mol. The molecule has 0 bridgehead atoms. The molecule has 0 aliphatic rings. The number of anilines is 1. The molecule has 9 nitrogen and oxygen atoms in total. The Bertz CT molecular complexity index is 856. The van der Waals surface area contributed by atoms with E-state index >= 15 is 0 Å². The Morgan fingerprint density at radius 3 is 2.50 bits per heavy atom. The van der Waals surface area contributed by atoms with Gasteiger partial charge in [0, 0.05) is 29.7 Å². The molecule has 0 amide bonds. The number of nitrogens with two attached hydrogens (primary N) is 2. The van der Waals surface area contributed by atoms with Crippen LogP contribution in [-0.4, -0.2) is 68.4 Å². The largest absolute Gasteiger partial charge is 0.455 e. The molecule has 0 aliphatic heterocycles. The minimum absolute atomic E-state index is 0.00651. The Hall–Kier alpha value is -1.88. The molecule has 172 valence electrons. The lowest BCUT2D eigenvalue weighted by molar-refractivity contribution is -0.276. The number of thioether (sulfide) groups is 1. The number of nitrogens with one attached hydrogen (secondary N) is 2. The van der Waals surface area contributed by atoms with Gasteiger partial charge < -0.3 is 22.1 Å². The minimum Gasteiger partial charge on any atom is -0.370 e. The van der Waals surface area contributed by atoms with Crippen LogP contribution in [0.1, 0.15) is 5.69 Å². The minimum atomic E-state index is -5.71. The van der Waals surface area contributed by atoms with Crippen LogP contribution < -0.4 is 22.1 Å². The SMILES string of the molecule is CS(=O)(=O)CN=C(N)NCCSCc1csc(NC(N)=NCC(F)(F)C(F)(F)F)n1. The van der Waals surface area contributed by atoms with Crippen molar-refractivity contribution in [3.8, 4) is 0 Å². The summed E-state index contributed by atoms with van der Waals surface area (Å²) in [6.07, 6.45) is -4.67. The number of halogens is 5. The van der Waals surface area contributed by atoms with Gasteiger partial charge in [0.2, 0.25) is 0 Å². The molecule has 0 saturated carbocycles. The maximum Gasteiger partial charge on any atom is 0.455 e. The molecule has 0 unspecified atom stereocenters. The second-order valence-corrected chi connectivity index (χ2v) is 9.82. The summed E-state index contributed by atoms with van der Waals surface area (Å²) in [6.45, 7) is -1.40. The first-order chi connectivity index (χ1) is 13.7. The fourth-order valence-electron chi connectivity index (χ4n) is 1.52. The quantitative estimate of drug-likeness (QED) is 0.163. The van der Waals surface area contributed by atoms with Gasteiger partial charge in [0.1, 0.15) is 12.4 Å². The number of alkyl halides is 5. The summed E-state index contributed by atoms with van der Waals surface area (Å²) in [4.78, 5) is 10.8. The molecule has 0 aliphatic carbocycles. The molecule has 17 heteroatoms. The summed E-state index contributed by atoms with van der Waals surface area (Å²) in [6, 6.07) is 0. The van der Waals surface area contributed by atoms with E-state index in [0.717, 1.165) is 17.6 Å². The number of aliphatic imine (C=N–C) groups is 2. The van der Waals surface area contributed by atoms with Crippen molar-refractivity contribution in [2.24, 2.45) is 21.5 Å². The maximum absolute atomic E-state index is 12.8. The fourth-order valence-corrected chi connectivity index (χ4v) is 3.47. The lowest BCUT2D eigenvalue weighted by Gasteiger charge is -2.17. The molecule has 0 radical (unpaired) electrons. The molecule has 6 N–H and O–H groups in total. The molecule has 0 aromatic carbocycles. The molecular formula is C13H20F5N7O2S3. The lowest BCUT2D eigenvalue weighted by Crippen LogP contribution is -2.40. The summed E-state index contributed by atoms with van der Waals surface area (Å²) < 4.78 is 83.8. The van der Waals surface area contributed by atoms with Crippen LogP contribution in [-0.2, 0) is 15.6 Å². The van der Waals surface area contributed by atoms with Crippen molar-refractivity contribution in [2.45, 2.75) is 17.9 Å². The second kappa shape index (κ2) is 10.9. The number of guanidine groups is 2. The van der Waals surface area contributed by atoms with Crippen LogP contribution >= 0.6 is 23.1 Å². The van der Waals surface area contributed by atoms with Crippen molar-refractivity contribution in [3.63, 3.8) is 0 Å².